The number of aryl methyl sites for hydroxylation is 2. The number of hydrogen-bond donors (Lipinski definition) is 1. The molecule has 0 fully saturated rings. The van der Waals surface area contributed by atoms with Crippen molar-refractivity contribution in [2.75, 3.05) is 13.7 Å². The lowest BCUT2D eigenvalue weighted by Gasteiger charge is -2.08. The largest absolute Gasteiger partial charge is 0.496 e. The second-order valence-corrected chi connectivity index (χ2v) is 5.39. The molecule has 2 rings (SSSR count). The molecular weight excluding hydrogens is 274 g/mol. The van der Waals surface area contributed by atoms with Crippen molar-refractivity contribution < 1.29 is 9.53 Å². The van der Waals surface area contributed by atoms with Gasteiger partial charge >= 0.3 is 0 Å². The van der Waals surface area contributed by atoms with Crippen LogP contribution in [0.1, 0.15) is 23.1 Å². The summed E-state index contributed by atoms with van der Waals surface area (Å²) in [4.78, 5) is 11.9. The summed E-state index contributed by atoms with van der Waals surface area (Å²) in [7, 11) is 1.67. The van der Waals surface area contributed by atoms with E-state index in [1.54, 1.807) is 7.11 Å². The molecule has 0 aliphatic heterocycles. The Kier molecular flexibility index (Phi) is 6.01. The van der Waals surface area contributed by atoms with Crippen LogP contribution in [0.4, 0.5) is 0 Å². The smallest absolute Gasteiger partial charge is 0.220 e. The predicted molar refractivity (Wildman–Crippen MR) is 89.2 cm³/mol. The van der Waals surface area contributed by atoms with Gasteiger partial charge in [-0.3, -0.25) is 4.79 Å². The Morgan fingerprint density at radius 3 is 2.50 bits per heavy atom. The molecule has 0 aromatic heterocycles. The molecular formula is C19H23NO2. The molecule has 0 spiro atoms. The van der Waals surface area contributed by atoms with Crippen LogP contribution in [-0.2, 0) is 17.6 Å². The summed E-state index contributed by atoms with van der Waals surface area (Å²) < 4.78 is 5.24. The van der Waals surface area contributed by atoms with E-state index in [0.29, 0.717) is 13.0 Å². The maximum Gasteiger partial charge on any atom is 0.220 e. The lowest BCUT2D eigenvalue weighted by molar-refractivity contribution is -0.121. The number of nitrogens with one attached hydrogen (secondary N) is 1. The maximum absolute atomic E-state index is 11.9. The van der Waals surface area contributed by atoms with Gasteiger partial charge in [0.2, 0.25) is 5.91 Å². The van der Waals surface area contributed by atoms with E-state index >= 15 is 0 Å². The average Bonchev–Trinajstić information content (AvgIpc) is 2.54. The quantitative estimate of drug-likeness (QED) is 0.851. The molecule has 0 heterocycles. The number of amides is 1. The second kappa shape index (κ2) is 8.23. The predicted octanol–water partition coefficient (Wildman–Crippen LogP) is 3.30. The van der Waals surface area contributed by atoms with Crippen molar-refractivity contribution in [2.24, 2.45) is 0 Å². The molecule has 1 N–H and O–H groups in total. The zero-order chi connectivity index (χ0) is 15.8. The Hall–Kier alpha value is -2.29. The molecule has 0 atom stereocenters. The van der Waals surface area contributed by atoms with Crippen LogP contribution in [0.15, 0.2) is 48.5 Å². The van der Waals surface area contributed by atoms with E-state index in [4.69, 9.17) is 4.74 Å². The van der Waals surface area contributed by atoms with Crippen LogP contribution in [0, 0.1) is 6.92 Å². The maximum atomic E-state index is 11.9. The molecule has 0 saturated heterocycles. The zero-order valence-corrected chi connectivity index (χ0v) is 13.3. The fourth-order valence-corrected chi connectivity index (χ4v) is 2.43. The van der Waals surface area contributed by atoms with Gasteiger partial charge < -0.3 is 10.1 Å². The van der Waals surface area contributed by atoms with Gasteiger partial charge in [-0.15, -0.1) is 0 Å². The van der Waals surface area contributed by atoms with Crippen molar-refractivity contribution in [2.45, 2.75) is 26.2 Å². The molecule has 1 amide bonds. The fraction of sp³-hybridized carbons (Fsp3) is 0.316. The summed E-state index contributed by atoms with van der Waals surface area (Å²) in [6.45, 7) is 2.70. The van der Waals surface area contributed by atoms with Gasteiger partial charge in [0, 0.05) is 13.0 Å². The molecule has 2 aromatic rings. The number of methoxy groups -OCH3 is 1. The Labute approximate surface area is 132 Å². The van der Waals surface area contributed by atoms with E-state index in [0.717, 1.165) is 29.7 Å². The van der Waals surface area contributed by atoms with Crippen molar-refractivity contribution in [1.82, 2.24) is 5.32 Å². The fourth-order valence-electron chi connectivity index (χ4n) is 2.43. The van der Waals surface area contributed by atoms with Gasteiger partial charge in [-0.25, -0.2) is 0 Å². The first-order valence-electron chi connectivity index (χ1n) is 7.63. The number of carbonyl (C=O) groups is 1. The topological polar surface area (TPSA) is 38.3 Å². The van der Waals surface area contributed by atoms with Crippen molar-refractivity contribution in [3.05, 3.63) is 65.2 Å². The Balaban J connectivity index is 1.72. The van der Waals surface area contributed by atoms with E-state index < -0.39 is 0 Å². The van der Waals surface area contributed by atoms with Crippen LogP contribution in [-0.4, -0.2) is 19.6 Å². The van der Waals surface area contributed by atoms with E-state index in [9.17, 15) is 4.79 Å². The summed E-state index contributed by atoms with van der Waals surface area (Å²) in [6.07, 6.45) is 2.14. The highest BCUT2D eigenvalue weighted by Crippen LogP contribution is 2.19. The van der Waals surface area contributed by atoms with E-state index in [1.165, 1.54) is 5.56 Å². The summed E-state index contributed by atoms with van der Waals surface area (Å²) in [6, 6.07) is 16.2. The Morgan fingerprint density at radius 2 is 1.82 bits per heavy atom. The van der Waals surface area contributed by atoms with Crippen molar-refractivity contribution in [1.29, 1.82) is 0 Å². The first kappa shape index (κ1) is 16.1. The van der Waals surface area contributed by atoms with Crippen LogP contribution >= 0.6 is 0 Å². The molecule has 2 aromatic carbocycles. The van der Waals surface area contributed by atoms with Gasteiger partial charge in [-0.1, -0.05) is 42.5 Å². The third-order valence-electron chi connectivity index (χ3n) is 3.68. The zero-order valence-electron chi connectivity index (χ0n) is 13.3. The minimum absolute atomic E-state index is 0.101. The summed E-state index contributed by atoms with van der Waals surface area (Å²) in [5, 5.41) is 2.97. The van der Waals surface area contributed by atoms with Crippen molar-refractivity contribution in [3.8, 4) is 5.75 Å². The number of carbonyl (C=O) groups excluding carboxylic acids is 1. The van der Waals surface area contributed by atoms with Crippen molar-refractivity contribution in [3.63, 3.8) is 0 Å². The highest BCUT2D eigenvalue weighted by atomic mass is 16.5. The van der Waals surface area contributed by atoms with E-state index in [2.05, 4.69) is 23.5 Å². The normalized spacial score (nSPS) is 10.3. The monoisotopic (exact) mass is 297 g/mol. The van der Waals surface area contributed by atoms with Crippen LogP contribution in [0.3, 0.4) is 0 Å². The van der Waals surface area contributed by atoms with Gasteiger partial charge in [-0.2, -0.15) is 0 Å². The molecule has 3 nitrogen and oxygen atoms in total. The molecule has 3 heteroatoms. The third kappa shape index (κ3) is 4.92. The van der Waals surface area contributed by atoms with Gasteiger partial charge in [0.15, 0.2) is 0 Å². The van der Waals surface area contributed by atoms with Crippen LogP contribution in [0.5, 0.6) is 5.75 Å². The molecule has 0 aliphatic carbocycles. The summed E-state index contributed by atoms with van der Waals surface area (Å²) in [5.74, 6) is 0.987. The lowest BCUT2D eigenvalue weighted by atomic mass is 10.1. The SMILES string of the molecule is COc1ccc(CCC(=O)NCCc2ccccc2)cc1C. The third-order valence-corrected chi connectivity index (χ3v) is 3.68. The average molecular weight is 297 g/mol. The first-order valence-corrected chi connectivity index (χ1v) is 7.63. The number of rotatable bonds is 7. The van der Waals surface area contributed by atoms with Crippen molar-refractivity contribution >= 4 is 5.91 Å². The molecule has 0 bridgehead atoms. The van der Waals surface area contributed by atoms with Gasteiger partial charge in [-0.05, 0) is 42.5 Å². The molecule has 0 aliphatic rings. The Morgan fingerprint density at radius 1 is 1.05 bits per heavy atom. The lowest BCUT2D eigenvalue weighted by Crippen LogP contribution is -2.25. The van der Waals surface area contributed by atoms with Gasteiger partial charge in [0.1, 0.15) is 5.75 Å². The number of benzene rings is 2. The minimum Gasteiger partial charge on any atom is -0.496 e. The number of ether oxygens (including phenoxy) is 1. The molecule has 116 valence electrons. The molecule has 0 unspecified atom stereocenters. The summed E-state index contributed by atoms with van der Waals surface area (Å²) in [5.41, 5.74) is 3.51. The van der Waals surface area contributed by atoms with Crippen LogP contribution in [0.2, 0.25) is 0 Å². The van der Waals surface area contributed by atoms with Crippen LogP contribution < -0.4 is 10.1 Å². The molecule has 0 saturated carbocycles. The minimum atomic E-state index is 0.101. The summed E-state index contributed by atoms with van der Waals surface area (Å²) >= 11 is 0. The Bertz CT molecular complexity index is 608. The highest BCUT2D eigenvalue weighted by Gasteiger charge is 2.04. The van der Waals surface area contributed by atoms with E-state index in [1.807, 2.05) is 37.3 Å². The van der Waals surface area contributed by atoms with Crippen LogP contribution in [0.25, 0.3) is 0 Å². The van der Waals surface area contributed by atoms with Gasteiger partial charge in [0.05, 0.1) is 7.11 Å². The first-order chi connectivity index (χ1) is 10.7. The highest BCUT2D eigenvalue weighted by molar-refractivity contribution is 5.76. The second-order valence-electron chi connectivity index (χ2n) is 5.39. The van der Waals surface area contributed by atoms with E-state index in [-0.39, 0.29) is 5.91 Å². The molecule has 0 radical (unpaired) electrons. The number of hydrogen-bond acceptors (Lipinski definition) is 2. The molecule has 22 heavy (non-hydrogen) atoms. The standard InChI is InChI=1S/C19H23NO2/c1-15-14-17(8-10-18(15)22-2)9-11-19(21)20-13-12-16-6-4-3-5-7-16/h3-8,10,14H,9,11-13H2,1-2H3,(H,20,21). The van der Waals surface area contributed by atoms with Gasteiger partial charge in [0.25, 0.3) is 0 Å².